The van der Waals surface area contributed by atoms with Gasteiger partial charge in [-0.3, -0.25) is 9.59 Å². The predicted molar refractivity (Wildman–Crippen MR) is 90.7 cm³/mol. The normalized spacial score (nSPS) is 26.3. The molecule has 0 bridgehead atoms. The Labute approximate surface area is 139 Å². The van der Waals surface area contributed by atoms with Crippen molar-refractivity contribution in [3.63, 3.8) is 0 Å². The van der Waals surface area contributed by atoms with Gasteiger partial charge in [0.1, 0.15) is 5.76 Å². The lowest BCUT2D eigenvalue weighted by Crippen LogP contribution is -2.13. The third kappa shape index (κ3) is 9.93. The van der Waals surface area contributed by atoms with Gasteiger partial charge in [-0.1, -0.05) is 50.7 Å². The molecule has 0 aromatic rings. The van der Waals surface area contributed by atoms with Gasteiger partial charge >= 0.3 is 11.9 Å². The Morgan fingerprint density at radius 2 is 1.70 bits per heavy atom. The molecule has 0 fully saturated rings. The first-order valence-electron chi connectivity index (χ1n) is 8.82. The van der Waals surface area contributed by atoms with Gasteiger partial charge in [-0.15, -0.1) is 0 Å². The van der Waals surface area contributed by atoms with Crippen LogP contribution in [0.2, 0.25) is 0 Å². The van der Waals surface area contributed by atoms with E-state index >= 15 is 0 Å². The number of hydrogen-bond acceptors (Lipinski definition) is 4. The number of carbonyl (C=O) groups is 2. The Morgan fingerprint density at radius 1 is 1.09 bits per heavy atom. The predicted octanol–water partition coefficient (Wildman–Crippen LogP) is 4.69. The topological polar surface area (TPSA) is 52.6 Å². The van der Waals surface area contributed by atoms with Crippen LogP contribution in [-0.4, -0.2) is 18.5 Å². The second-order valence-corrected chi connectivity index (χ2v) is 6.15. The summed E-state index contributed by atoms with van der Waals surface area (Å²) in [6.07, 6.45) is 15.2. The number of esters is 2. The van der Waals surface area contributed by atoms with Gasteiger partial charge in [-0.25, -0.2) is 0 Å². The maximum Gasteiger partial charge on any atom is 0.312 e. The molecule has 0 saturated heterocycles. The van der Waals surface area contributed by atoms with E-state index in [4.69, 9.17) is 9.47 Å². The van der Waals surface area contributed by atoms with E-state index in [-0.39, 0.29) is 17.9 Å². The molecule has 1 heterocycles. The highest BCUT2D eigenvalue weighted by atomic mass is 16.5. The number of hydrogen-bond donors (Lipinski definition) is 0. The van der Waals surface area contributed by atoms with Crippen LogP contribution in [0.4, 0.5) is 0 Å². The van der Waals surface area contributed by atoms with Crippen molar-refractivity contribution < 1.29 is 19.1 Å². The molecule has 0 saturated carbocycles. The minimum absolute atomic E-state index is 0.201. The van der Waals surface area contributed by atoms with Crippen molar-refractivity contribution in [2.24, 2.45) is 5.92 Å². The van der Waals surface area contributed by atoms with Crippen LogP contribution >= 0.6 is 0 Å². The second kappa shape index (κ2) is 11.9. The molecule has 4 heteroatoms. The van der Waals surface area contributed by atoms with E-state index in [1.54, 1.807) is 18.2 Å². The molecule has 0 spiro atoms. The molecule has 1 rings (SSSR count). The largest absolute Gasteiger partial charge is 0.465 e. The number of ether oxygens (including phenoxy) is 2. The zero-order valence-electron chi connectivity index (χ0n) is 14.5. The first-order valence-corrected chi connectivity index (χ1v) is 8.82. The quantitative estimate of drug-likeness (QED) is 0.657. The minimum Gasteiger partial charge on any atom is -0.465 e. The Balaban J connectivity index is 2.63. The summed E-state index contributed by atoms with van der Waals surface area (Å²) in [7, 11) is 0. The van der Waals surface area contributed by atoms with Crippen molar-refractivity contribution in [2.45, 2.75) is 71.6 Å². The van der Waals surface area contributed by atoms with Gasteiger partial charge in [-0.2, -0.15) is 0 Å². The average molecular weight is 322 g/mol. The molecule has 1 aliphatic heterocycles. The molecule has 0 aliphatic carbocycles. The number of rotatable bonds is 1. The summed E-state index contributed by atoms with van der Waals surface area (Å²) in [5, 5.41) is 0. The standard InChI is InChI=1S/C19H30O4/c1-16-12-11-14-18(23-17(2)20)13-9-7-5-3-4-6-8-10-15-22-19(16)21/h11-12,14,16H,3-10,13,15H2,1-2H3/b12-11-,18-14+. The second-order valence-electron chi connectivity index (χ2n) is 6.15. The van der Waals surface area contributed by atoms with Gasteiger partial charge in [0.2, 0.25) is 0 Å². The molecular weight excluding hydrogens is 292 g/mol. The molecule has 1 atom stereocenters. The van der Waals surface area contributed by atoms with Crippen molar-refractivity contribution in [2.75, 3.05) is 6.61 Å². The number of cyclic esters (lactones) is 1. The van der Waals surface area contributed by atoms with Gasteiger partial charge in [-0.05, 0) is 25.8 Å². The van der Waals surface area contributed by atoms with Crippen LogP contribution in [0.5, 0.6) is 0 Å². The first-order chi connectivity index (χ1) is 11.1. The van der Waals surface area contributed by atoms with Crippen molar-refractivity contribution in [1.29, 1.82) is 0 Å². The van der Waals surface area contributed by atoms with Crippen LogP contribution in [0, 0.1) is 5.92 Å². The van der Waals surface area contributed by atoms with E-state index in [9.17, 15) is 9.59 Å². The lowest BCUT2D eigenvalue weighted by atomic mass is 10.1. The lowest BCUT2D eigenvalue weighted by molar-refractivity contribution is -0.146. The highest BCUT2D eigenvalue weighted by Crippen LogP contribution is 2.15. The van der Waals surface area contributed by atoms with Crippen LogP contribution in [0.3, 0.4) is 0 Å². The van der Waals surface area contributed by atoms with Crippen molar-refractivity contribution in [1.82, 2.24) is 0 Å². The third-order valence-electron chi connectivity index (χ3n) is 3.89. The number of carbonyl (C=O) groups excluding carboxylic acids is 2. The van der Waals surface area contributed by atoms with Gasteiger partial charge in [0.05, 0.1) is 12.5 Å². The fraction of sp³-hybridized carbons (Fsp3) is 0.684. The summed E-state index contributed by atoms with van der Waals surface area (Å²) < 4.78 is 10.5. The fourth-order valence-corrected chi connectivity index (χ4v) is 2.53. The van der Waals surface area contributed by atoms with E-state index in [2.05, 4.69) is 0 Å². The Hall–Kier alpha value is -1.58. The lowest BCUT2D eigenvalue weighted by Gasteiger charge is -2.07. The Morgan fingerprint density at radius 3 is 2.35 bits per heavy atom. The zero-order valence-corrected chi connectivity index (χ0v) is 14.5. The monoisotopic (exact) mass is 322 g/mol. The van der Waals surface area contributed by atoms with Crippen molar-refractivity contribution in [3.05, 3.63) is 24.0 Å². The van der Waals surface area contributed by atoms with Crippen LogP contribution in [0.25, 0.3) is 0 Å². The smallest absolute Gasteiger partial charge is 0.312 e. The molecule has 130 valence electrons. The molecule has 0 N–H and O–H groups in total. The minimum atomic E-state index is -0.303. The van der Waals surface area contributed by atoms with Gasteiger partial charge in [0, 0.05) is 13.3 Å². The van der Waals surface area contributed by atoms with Crippen LogP contribution in [0.1, 0.15) is 71.6 Å². The Kier molecular flexibility index (Phi) is 10.1. The molecule has 0 aromatic heterocycles. The fourth-order valence-electron chi connectivity index (χ4n) is 2.53. The van der Waals surface area contributed by atoms with Gasteiger partial charge in [0.15, 0.2) is 0 Å². The molecule has 1 unspecified atom stereocenters. The van der Waals surface area contributed by atoms with Crippen LogP contribution < -0.4 is 0 Å². The summed E-state index contributed by atoms with van der Waals surface area (Å²) in [5.74, 6) is -0.129. The van der Waals surface area contributed by atoms with E-state index in [0.29, 0.717) is 12.4 Å². The molecule has 23 heavy (non-hydrogen) atoms. The van der Waals surface area contributed by atoms with E-state index in [0.717, 1.165) is 32.1 Å². The molecule has 0 aromatic carbocycles. The molecule has 0 amide bonds. The van der Waals surface area contributed by atoms with Crippen LogP contribution in [-0.2, 0) is 19.1 Å². The maximum absolute atomic E-state index is 11.8. The van der Waals surface area contributed by atoms with Crippen LogP contribution in [0.15, 0.2) is 24.0 Å². The van der Waals surface area contributed by atoms with Gasteiger partial charge < -0.3 is 9.47 Å². The highest BCUT2D eigenvalue weighted by molar-refractivity contribution is 5.74. The summed E-state index contributed by atoms with van der Waals surface area (Å²) in [4.78, 5) is 23.0. The summed E-state index contributed by atoms with van der Waals surface area (Å²) in [5.41, 5.74) is 0. The van der Waals surface area contributed by atoms with E-state index in [1.165, 1.54) is 32.6 Å². The van der Waals surface area contributed by atoms with Gasteiger partial charge in [0.25, 0.3) is 0 Å². The molecule has 1 aliphatic rings. The van der Waals surface area contributed by atoms with E-state index < -0.39 is 0 Å². The maximum atomic E-state index is 11.8. The third-order valence-corrected chi connectivity index (χ3v) is 3.89. The van der Waals surface area contributed by atoms with E-state index in [1.807, 2.05) is 6.92 Å². The molecule has 0 radical (unpaired) electrons. The SMILES string of the molecule is CC(=O)O/C1=C/C=C\C(C)C(=O)OCCCCCCCCCC1. The highest BCUT2D eigenvalue weighted by Gasteiger charge is 2.10. The van der Waals surface area contributed by atoms with Crippen molar-refractivity contribution >= 4 is 11.9 Å². The summed E-state index contributed by atoms with van der Waals surface area (Å²) in [6, 6.07) is 0. The van der Waals surface area contributed by atoms with Crippen molar-refractivity contribution in [3.8, 4) is 0 Å². The molecule has 4 nitrogen and oxygen atoms in total. The zero-order chi connectivity index (χ0) is 16.9. The average Bonchev–Trinajstić information content (AvgIpc) is 2.50. The summed E-state index contributed by atoms with van der Waals surface area (Å²) >= 11 is 0. The summed E-state index contributed by atoms with van der Waals surface area (Å²) in [6.45, 7) is 3.73. The first kappa shape index (κ1) is 19.5. The Bertz CT molecular complexity index is 423. The number of allylic oxidation sites excluding steroid dienone is 3. The molecular formula is C19H30O4.